The lowest BCUT2D eigenvalue weighted by Gasteiger charge is -2.27. The van der Waals surface area contributed by atoms with Gasteiger partial charge >= 0.3 is 0 Å². The summed E-state index contributed by atoms with van der Waals surface area (Å²) in [4.78, 5) is 12.8. The van der Waals surface area contributed by atoms with Gasteiger partial charge in [-0.05, 0) is 24.3 Å². The predicted octanol–water partition coefficient (Wildman–Crippen LogP) is 3.04. The number of hydrogen-bond acceptors (Lipinski definition) is 3. The van der Waals surface area contributed by atoms with Gasteiger partial charge in [0.1, 0.15) is 10.6 Å². The van der Waals surface area contributed by atoms with Gasteiger partial charge in [-0.3, -0.25) is 4.79 Å². The fourth-order valence-electron chi connectivity index (χ4n) is 2.27. The van der Waals surface area contributed by atoms with Crippen LogP contribution in [-0.2, 0) is 0 Å². The van der Waals surface area contributed by atoms with Gasteiger partial charge in [-0.15, -0.1) is 22.9 Å². The Morgan fingerprint density at radius 2 is 2.29 bits per heavy atom. The second kappa shape index (κ2) is 5.27. The molecule has 0 aliphatic heterocycles. The van der Waals surface area contributed by atoms with Gasteiger partial charge in [-0.25, -0.2) is 0 Å². The van der Waals surface area contributed by atoms with Gasteiger partial charge in [-0.1, -0.05) is 12.8 Å². The molecule has 94 valence electrons. The average molecular weight is 274 g/mol. The highest BCUT2D eigenvalue weighted by molar-refractivity contribution is 7.12. The first-order valence-corrected chi connectivity index (χ1v) is 7.12. The summed E-state index contributed by atoms with van der Waals surface area (Å²) in [6, 6.07) is 1.81. The molecule has 1 aromatic heterocycles. The number of methoxy groups -OCH3 is 1. The van der Waals surface area contributed by atoms with Crippen molar-refractivity contribution in [2.45, 2.75) is 31.2 Å². The maximum absolute atomic E-state index is 12.2. The van der Waals surface area contributed by atoms with E-state index in [1.54, 1.807) is 7.11 Å². The van der Waals surface area contributed by atoms with Crippen LogP contribution >= 0.6 is 22.9 Å². The molecule has 1 aliphatic rings. The highest BCUT2D eigenvalue weighted by atomic mass is 35.5. The van der Waals surface area contributed by atoms with Crippen molar-refractivity contribution in [2.75, 3.05) is 13.0 Å². The zero-order valence-corrected chi connectivity index (χ0v) is 11.4. The fraction of sp³-hybridized carbons (Fsp3) is 0.583. The number of carbonyl (C=O) groups excluding carboxylic acids is 1. The summed E-state index contributed by atoms with van der Waals surface area (Å²) >= 11 is 7.40. The molecule has 0 aromatic carbocycles. The summed E-state index contributed by atoms with van der Waals surface area (Å²) in [5.41, 5.74) is -0.215. The van der Waals surface area contributed by atoms with Crippen LogP contribution in [0.2, 0.25) is 0 Å². The Hall–Kier alpha value is -0.740. The van der Waals surface area contributed by atoms with Crippen LogP contribution in [0.25, 0.3) is 0 Å². The van der Waals surface area contributed by atoms with E-state index in [2.05, 4.69) is 5.32 Å². The maximum Gasteiger partial charge on any atom is 0.265 e. The van der Waals surface area contributed by atoms with Crippen molar-refractivity contribution in [1.82, 2.24) is 5.32 Å². The van der Waals surface area contributed by atoms with Crippen LogP contribution in [0.4, 0.5) is 0 Å². The summed E-state index contributed by atoms with van der Waals surface area (Å²) < 4.78 is 5.15. The first kappa shape index (κ1) is 12.7. The lowest BCUT2D eigenvalue weighted by Crippen LogP contribution is -2.47. The van der Waals surface area contributed by atoms with Crippen molar-refractivity contribution in [1.29, 1.82) is 0 Å². The van der Waals surface area contributed by atoms with Gasteiger partial charge in [0.05, 0.1) is 12.6 Å². The van der Waals surface area contributed by atoms with Crippen LogP contribution < -0.4 is 10.1 Å². The average Bonchev–Trinajstić information content (AvgIpc) is 2.97. The van der Waals surface area contributed by atoms with Crippen LogP contribution in [0.3, 0.4) is 0 Å². The number of halogens is 1. The summed E-state index contributed by atoms with van der Waals surface area (Å²) in [6.07, 6.45) is 4.20. The molecule has 1 amide bonds. The quantitative estimate of drug-likeness (QED) is 0.857. The van der Waals surface area contributed by atoms with Gasteiger partial charge in [0, 0.05) is 5.88 Å². The number of alkyl halides is 1. The molecule has 0 spiro atoms. The van der Waals surface area contributed by atoms with Crippen molar-refractivity contribution < 1.29 is 9.53 Å². The van der Waals surface area contributed by atoms with E-state index in [1.807, 2.05) is 11.4 Å². The Balaban J connectivity index is 2.11. The lowest BCUT2D eigenvalue weighted by molar-refractivity contribution is 0.0911. The standard InChI is InChI=1S/C12H16ClNO2S/c1-16-9-4-7-17-10(9)11(15)14-12(8-13)5-2-3-6-12/h4,7H,2-3,5-6,8H2,1H3,(H,14,15). The number of thiophene rings is 1. The molecule has 3 nitrogen and oxygen atoms in total. The minimum Gasteiger partial charge on any atom is -0.495 e. The highest BCUT2D eigenvalue weighted by Crippen LogP contribution is 2.32. The van der Waals surface area contributed by atoms with Gasteiger partial charge in [-0.2, -0.15) is 0 Å². The molecule has 1 saturated carbocycles. The molecule has 0 saturated heterocycles. The molecule has 0 bridgehead atoms. The number of nitrogens with one attached hydrogen (secondary N) is 1. The minimum absolute atomic E-state index is 0.0700. The number of amides is 1. The number of rotatable bonds is 4. The van der Waals surface area contributed by atoms with E-state index in [0.29, 0.717) is 16.5 Å². The molecule has 2 rings (SSSR count). The van der Waals surface area contributed by atoms with Gasteiger partial charge in [0.2, 0.25) is 0 Å². The molecule has 0 atom stereocenters. The minimum atomic E-state index is -0.215. The molecular weight excluding hydrogens is 258 g/mol. The molecular formula is C12H16ClNO2S. The summed E-state index contributed by atoms with van der Waals surface area (Å²) in [5, 5.41) is 4.94. The van der Waals surface area contributed by atoms with Gasteiger partial charge < -0.3 is 10.1 Å². The van der Waals surface area contributed by atoms with Gasteiger partial charge in [0.25, 0.3) is 5.91 Å². The largest absolute Gasteiger partial charge is 0.495 e. The summed E-state index contributed by atoms with van der Waals surface area (Å²) in [5.74, 6) is 1.04. The molecule has 1 heterocycles. The number of hydrogen-bond donors (Lipinski definition) is 1. The third-order valence-electron chi connectivity index (χ3n) is 3.25. The molecule has 1 aliphatic carbocycles. The summed E-state index contributed by atoms with van der Waals surface area (Å²) in [7, 11) is 1.58. The van der Waals surface area contributed by atoms with E-state index in [-0.39, 0.29) is 11.4 Å². The molecule has 0 radical (unpaired) electrons. The van der Waals surface area contributed by atoms with Crippen molar-refractivity contribution in [2.24, 2.45) is 0 Å². The molecule has 0 unspecified atom stereocenters. The smallest absolute Gasteiger partial charge is 0.265 e. The van der Waals surface area contributed by atoms with Crippen molar-refractivity contribution in [3.05, 3.63) is 16.3 Å². The second-order valence-electron chi connectivity index (χ2n) is 4.39. The third kappa shape index (κ3) is 2.58. The highest BCUT2D eigenvalue weighted by Gasteiger charge is 2.35. The molecule has 5 heteroatoms. The Kier molecular flexibility index (Phi) is 3.94. The van der Waals surface area contributed by atoms with E-state index < -0.39 is 0 Å². The maximum atomic E-state index is 12.2. The summed E-state index contributed by atoms with van der Waals surface area (Å²) in [6.45, 7) is 0. The zero-order valence-electron chi connectivity index (χ0n) is 9.79. The van der Waals surface area contributed by atoms with Crippen LogP contribution in [-0.4, -0.2) is 24.4 Å². The van der Waals surface area contributed by atoms with Crippen LogP contribution in [0.15, 0.2) is 11.4 Å². The Morgan fingerprint density at radius 3 is 2.88 bits per heavy atom. The van der Waals surface area contributed by atoms with E-state index in [0.717, 1.165) is 25.7 Å². The molecule has 1 N–H and O–H groups in total. The van der Waals surface area contributed by atoms with Crippen molar-refractivity contribution in [3.63, 3.8) is 0 Å². The Bertz CT molecular complexity index is 399. The third-order valence-corrected chi connectivity index (χ3v) is 4.66. The zero-order chi connectivity index (χ0) is 12.3. The monoisotopic (exact) mass is 273 g/mol. The fourth-order valence-corrected chi connectivity index (χ4v) is 3.35. The normalized spacial score (nSPS) is 18.0. The van der Waals surface area contributed by atoms with Crippen molar-refractivity contribution >= 4 is 28.8 Å². The van der Waals surface area contributed by atoms with E-state index in [1.165, 1.54) is 11.3 Å². The van der Waals surface area contributed by atoms with Gasteiger partial charge in [0.15, 0.2) is 0 Å². The topological polar surface area (TPSA) is 38.3 Å². The SMILES string of the molecule is COc1ccsc1C(=O)NC1(CCl)CCCC1. The first-order valence-electron chi connectivity index (χ1n) is 5.71. The molecule has 1 aromatic rings. The first-order chi connectivity index (χ1) is 8.21. The molecule has 1 fully saturated rings. The van der Waals surface area contributed by atoms with Crippen LogP contribution in [0.5, 0.6) is 5.75 Å². The van der Waals surface area contributed by atoms with E-state index >= 15 is 0 Å². The molecule has 17 heavy (non-hydrogen) atoms. The van der Waals surface area contributed by atoms with E-state index in [4.69, 9.17) is 16.3 Å². The Labute approximate surface area is 110 Å². The van der Waals surface area contributed by atoms with E-state index in [9.17, 15) is 4.79 Å². The predicted molar refractivity (Wildman–Crippen MR) is 70.3 cm³/mol. The number of carbonyl (C=O) groups is 1. The Morgan fingerprint density at radius 1 is 1.59 bits per heavy atom. The van der Waals surface area contributed by atoms with Crippen molar-refractivity contribution in [3.8, 4) is 5.75 Å². The lowest BCUT2D eigenvalue weighted by atomic mass is 10.0. The van der Waals surface area contributed by atoms with Crippen LogP contribution in [0.1, 0.15) is 35.4 Å². The van der Waals surface area contributed by atoms with Crippen LogP contribution in [0, 0.1) is 0 Å². The second-order valence-corrected chi connectivity index (χ2v) is 5.58. The number of ether oxygens (including phenoxy) is 1.